The lowest BCUT2D eigenvalue weighted by Crippen LogP contribution is -2.52. The summed E-state index contributed by atoms with van der Waals surface area (Å²) in [6.45, 7) is 2.72. The van der Waals surface area contributed by atoms with Crippen LogP contribution in [0.2, 0.25) is 0 Å². The van der Waals surface area contributed by atoms with E-state index in [4.69, 9.17) is 4.74 Å². The lowest BCUT2D eigenvalue weighted by molar-refractivity contribution is -0.142. The molecule has 1 fully saturated rings. The Hall–Kier alpha value is -2.96. The first-order valence-corrected chi connectivity index (χ1v) is 9.55. The van der Waals surface area contributed by atoms with E-state index in [1.165, 1.54) is 36.4 Å². The molecule has 2 amide bonds. The van der Waals surface area contributed by atoms with Gasteiger partial charge in [-0.1, -0.05) is 12.1 Å². The molecule has 1 heterocycles. The van der Waals surface area contributed by atoms with Gasteiger partial charge >= 0.3 is 0 Å². The van der Waals surface area contributed by atoms with Crippen molar-refractivity contribution in [2.45, 2.75) is 26.3 Å². The highest BCUT2D eigenvalue weighted by Gasteiger charge is 2.39. The van der Waals surface area contributed by atoms with Crippen LogP contribution in [0.5, 0.6) is 5.75 Å². The highest BCUT2D eigenvalue weighted by molar-refractivity contribution is 5.84. The first-order chi connectivity index (χ1) is 13.9. The van der Waals surface area contributed by atoms with Crippen molar-refractivity contribution >= 4 is 11.8 Å². The first kappa shape index (κ1) is 20.8. The number of likely N-dealkylation sites (tertiary alicyclic amines) is 1. The second-order valence-corrected chi connectivity index (χ2v) is 7.53. The van der Waals surface area contributed by atoms with Crippen LogP contribution in [0.3, 0.4) is 0 Å². The van der Waals surface area contributed by atoms with Crippen molar-refractivity contribution in [3.05, 3.63) is 65.7 Å². The van der Waals surface area contributed by atoms with Crippen LogP contribution in [-0.4, -0.2) is 36.4 Å². The van der Waals surface area contributed by atoms with E-state index in [2.05, 4.69) is 5.32 Å². The predicted molar refractivity (Wildman–Crippen MR) is 104 cm³/mol. The molecular formula is C22H24F2N2O3. The molecule has 7 heteroatoms. The molecule has 5 nitrogen and oxygen atoms in total. The summed E-state index contributed by atoms with van der Waals surface area (Å²) >= 11 is 0. The van der Waals surface area contributed by atoms with Gasteiger partial charge in [0.25, 0.3) is 5.91 Å². The van der Waals surface area contributed by atoms with Crippen LogP contribution in [0.25, 0.3) is 0 Å². The molecule has 0 spiro atoms. The Kier molecular flexibility index (Phi) is 6.46. The third-order valence-electron chi connectivity index (χ3n) is 5.12. The van der Waals surface area contributed by atoms with Gasteiger partial charge in [0.2, 0.25) is 5.91 Å². The number of carbonyl (C=O) groups excluding carboxylic acids is 2. The van der Waals surface area contributed by atoms with E-state index in [0.29, 0.717) is 30.7 Å². The van der Waals surface area contributed by atoms with Gasteiger partial charge in [0.15, 0.2) is 6.61 Å². The van der Waals surface area contributed by atoms with Crippen molar-refractivity contribution in [1.82, 2.24) is 10.2 Å². The highest BCUT2D eigenvalue weighted by Crippen LogP contribution is 2.30. The monoisotopic (exact) mass is 402 g/mol. The Labute approximate surface area is 168 Å². The van der Waals surface area contributed by atoms with Crippen LogP contribution in [-0.2, 0) is 16.1 Å². The van der Waals surface area contributed by atoms with E-state index in [-0.39, 0.29) is 43.1 Å². The SMILES string of the molecule is C[C@]1(C(=O)NCc2cccc(F)c2)CCCN(C(=O)COc2ccc(F)cc2)C1. The van der Waals surface area contributed by atoms with E-state index in [9.17, 15) is 18.4 Å². The summed E-state index contributed by atoms with van der Waals surface area (Å²) in [7, 11) is 0. The summed E-state index contributed by atoms with van der Waals surface area (Å²) in [5.41, 5.74) is -0.0460. The molecule has 2 aromatic rings. The van der Waals surface area contributed by atoms with Gasteiger partial charge in [-0.3, -0.25) is 9.59 Å². The van der Waals surface area contributed by atoms with Crippen LogP contribution >= 0.6 is 0 Å². The molecule has 0 aliphatic carbocycles. The molecule has 1 N–H and O–H groups in total. The summed E-state index contributed by atoms with van der Waals surface area (Å²) in [5, 5.41) is 2.85. The van der Waals surface area contributed by atoms with Gasteiger partial charge in [0, 0.05) is 19.6 Å². The van der Waals surface area contributed by atoms with Crippen molar-refractivity contribution < 1.29 is 23.1 Å². The van der Waals surface area contributed by atoms with Crippen molar-refractivity contribution in [3.63, 3.8) is 0 Å². The van der Waals surface area contributed by atoms with E-state index in [1.807, 2.05) is 6.92 Å². The lowest BCUT2D eigenvalue weighted by Gasteiger charge is -2.39. The fourth-order valence-corrected chi connectivity index (χ4v) is 3.45. The van der Waals surface area contributed by atoms with Gasteiger partial charge in [-0.2, -0.15) is 0 Å². The van der Waals surface area contributed by atoms with Crippen molar-refractivity contribution in [2.24, 2.45) is 5.41 Å². The molecule has 3 rings (SSSR count). The van der Waals surface area contributed by atoms with Crippen LogP contribution in [0.15, 0.2) is 48.5 Å². The molecule has 154 valence electrons. The minimum Gasteiger partial charge on any atom is -0.484 e. The average molecular weight is 402 g/mol. The van der Waals surface area contributed by atoms with Crippen molar-refractivity contribution in [3.8, 4) is 5.75 Å². The van der Waals surface area contributed by atoms with E-state index >= 15 is 0 Å². The topological polar surface area (TPSA) is 58.6 Å². The Morgan fingerprint density at radius 1 is 1.14 bits per heavy atom. The minimum atomic E-state index is -0.725. The summed E-state index contributed by atoms with van der Waals surface area (Å²) in [5.74, 6) is -0.706. The van der Waals surface area contributed by atoms with Crippen LogP contribution in [0.1, 0.15) is 25.3 Å². The molecule has 0 unspecified atom stereocenters. The lowest BCUT2D eigenvalue weighted by atomic mass is 9.81. The van der Waals surface area contributed by atoms with Crippen molar-refractivity contribution in [2.75, 3.05) is 19.7 Å². The zero-order valence-corrected chi connectivity index (χ0v) is 16.3. The number of halogens is 2. The second-order valence-electron chi connectivity index (χ2n) is 7.53. The van der Waals surface area contributed by atoms with E-state index in [1.54, 1.807) is 17.0 Å². The highest BCUT2D eigenvalue weighted by atomic mass is 19.1. The number of hydrogen-bond acceptors (Lipinski definition) is 3. The maximum Gasteiger partial charge on any atom is 0.260 e. The Balaban J connectivity index is 1.54. The van der Waals surface area contributed by atoms with Gasteiger partial charge in [-0.05, 0) is 61.7 Å². The maximum atomic E-state index is 13.3. The fourth-order valence-electron chi connectivity index (χ4n) is 3.45. The normalized spacial score (nSPS) is 18.9. The third kappa shape index (κ3) is 5.53. The number of carbonyl (C=O) groups is 2. The van der Waals surface area contributed by atoms with Gasteiger partial charge in [0.05, 0.1) is 5.41 Å². The Bertz CT molecular complexity index is 873. The molecule has 29 heavy (non-hydrogen) atoms. The van der Waals surface area contributed by atoms with E-state index in [0.717, 1.165) is 0 Å². The van der Waals surface area contributed by atoms with E-state index < -0.39 is 5.41 Å². The molecule has 0 saturated carbocycles. The molecular weight excluding hydrogens is 378 g/mol. The first-order valence-electron chi connectivity index (χ1n) is 9.55. The smallest absolute Gasteiger partial charge is 0.260 e. The number of nitrogens with zero attached hydrogens (tertiary/aromatic N) is 1. The molecule has 1 saturated heterocycles. The van der Waals surface area contributed by atoms with Crippen LogP contribution in [0.4, 0.5) is 8.78 Å². The molecule has 0 aromatic heterocycles. The fraction of sp³-hybridized carbons (Fsp3) is 0.364. The summed E-state index contributed by atoms with van der Waals surface area (Å²) in [6.07, 6.45) is 1.36. The molecule has 1 atom stereocenters. The Morgan fingerprint density at radius 3 is 2.62 bits per heavy atom. The van der Waals surface area contributed by atoms with Crippen LogP contribution < -0.4 is 10.1 Å². The third-order valence-corrected chi connectivity index (χ3v) is 5.12. The van der Waals surface area contributed by atoms with Gasteiger partial charge in [0.1, 0.15) is 17.4 Å². The van der Waals surface area contributed by atoms with Crippen molar-refractivity contribution in [1.29, 1.82) is 0 Å². The number of rotatable bonds is 6. The van der Waals surface area contributed by atoms with Gasteiger partial charge in [-0.25, -0.2) is 8.78 Å². The number of ether oxygens (including phenoxy) is 1. The number of piperidine rings is 1. The maximum absolute atomic E-state index is 13.3. The number of benzene rings is 2. The molecule has 0 bridgehead atoms. The van der Waals surface area contributed by atoms with Gasteiger partial charge in [-0.15, -0.1) is 0 Å². The molecule has 2 aromatic carbocycles. The zero-order valence-electron chi connectivity index (χ0n) is 16.3. The standard InChI is InChI=1S/C22H24F2N2O3/c1-22(21(28)25-13-16-4-2-5-18(24)12-16)10-3-11-26(15-22)20(27)14-29-19-8-6-17(23)7-9-19/h2,4-9,12H,3,10-11,13-15H2,1H3,(H,25,28)/t22-/m0/s1. The second kappa shape index (κ2) is 9.03. The Morgan fingerprint density at radius 2 is 1.90 bits per heavy atom. The molecule has 1 aliphatic heterocycles. The quantitative estimate of drug-likeness (QED) is 0.807. The largest absolute Gasteiger partial charge is 0.484 e. The zero-order chi connectivity index (χ0) is 20.9. The van der Waals surface area contributed by atoms with Crippen LogP contribution in [0, 0.1) is 17.0 Å². The summed E-state index contributed by atoms with van der Waals surface area (Å²) < 4.78 is 31.7. The number of nitrogens with one attached hydrogen (secondary N) is 1. The molecule has 1 aliphatic rings. The average Bonchev–Trinajstić information content (AvgIpc) is 2.71. The number of hydrogen-bond donors (Lipinski definition) is 1. The summed E-state index contributed by atoms with van der Waals surface area (Å²) in [6, 6.07) is 11.5. The minimum absolute atomic E-state index is 0.168. The van der Waals surface area contributed by atoms with Gasteiger partial charge < -0.3 is 15.0 Å². The predicted octanol–water partition coefficient (Wildman–Crippen LogP) is 3.29. The summed E-state index contributed by atoms with van der Waals surface area (Å²) in [4.78, 5) is 26.9. The molecule has 0 radical (unpaired) electrons. The number of amides is 2.